The van der Waals surface area contributed by atoms with E-state index in [1.54, 1.807) is 0 Å². The monoisotopic (exact) mass is 82.1 g/mol. The predicted octanol–water partition coefficient (Wildman–Crippen LogP) is 1.43. The van der Waals surface area contributed by atoms with Gasteiger partial charge in [-0.05, 0) is 6.42 Å². The van der Waals surface area contributed by atoms with Crippen molar-refractivity contribution in [3.63, 3.8) is 0 Å². The fraction of sp³-hybridized carbons (Fsp3) is 0.500. The molecule has 0 nitrogen and oxygen atoms in total. The smallest absolute Gasteiger partial charge is 1.00 e. The minimum absolute atomic E-state index is 0. The molecule has 0 spiro atoms. The number of allylic oxidation sites excluding steroid dienone is 1. The predicted molar refractivity (Wildman–Crippen MR) is 28.5 cm³/mol. The summed E-state index contributed by atoms with van der Waals surface area (Å²) in [5.74, 6) is 0. The molecule has 0 unspecified atom stereocenters. The van der Waals surface area contributed by atoms with Crippen molar-refractivity contribution in [1.29, 1.82) is 0 Å². The van der Waals surface area contributed by atoms with Crippen LogP contribution in [0.4, 0.5) is 0 Å². The molecular formula is C4H10Mg. The molecule has 0 radical (unpaired) electrons. The van der Waals surface area contributed by atoms with Crippen molar-refractivity contribution in [2.24, 2.45) is 0 Å². The van der Waals surface area contributed by atoms with Crippen molar-refractivity contribution in [3.05, 3.63) is 12.7 Å². The van der Waals surface area contributed by atoms with Gasteiger partial charge in [0.1, 0.15) is 0 Å². The summed E-state index contributed by atoms with van der Waals surface area (Å²) in [7, 11) is 0. The molecule has 0 aromatic carbocycles. The molecule has 0 aliphatic carbocycles. The van der Waals surface area contributed by atoms with Gasteiger partial charge in [-0.25, -0.2) is 0 Å². The van der Waals surface area contributed by atoms with E-state index in [1.165, 1.54) is 0 Å². The van der Waals surface area contributed by atoms with Crippen LogP contribution in [0.2, 0.25) is 0 Å². The summed E-state index contributed by atoms with van der Waals surface area (Å²) in [6, 6.07) is 0. The Labute approximate surface area is 52.4 Å². The van der Waals surface area contributed by atoms with Crippen LogP contribution in [0.15, 0.2) is 12.7 Å². The summed E-state index contributed by atoms with van der Waals surface area (Å²) < 4.78 is 0. The van der Waals surface area contributed by atoms with Crippen LogP contribution < -0.4 is 0 Å². The first-order valence-electron chi connectivity index (χ1n) is 1.52. The number of hydrogen-bond acceptors (Lipinski definition) is 0. The van der Waals surface area contributed by atoms with Crippen LogP contribution in [0.1, 0.15) is 16.2 Å². The van der Waals surface area contributed by atoms with Gasteiger partial charge in [0, 0.05) is 0 Å². The zero-order valence-electron chi connectivity index (χ0n) is 5.70. The van der Waals surface area contributed by atoms with Gasteiger partial charge in [-0.3, -0.25) is 0 Å². The van der Waals surface area contributed by atoms with E-state index in [4.69, 9.17) is 0 Å². The Morgan fingerprint density at radius 2 is 2.20 bits per heavy atom. The van der Waals surface area contributed by atoms with Crippen LogP contribution in [-0.2, 0) is 0 Å². The Bertz CT molecular complexity index is 23.7. The maximum Gasteiger partial charge on any atom is 2.00 e. The molecule has 5 heavy (non-hydrogen) atoms. The Morgan fingerprint density at radius 1 is 2.00 bits per heavy atom. The standard InChI is InChI=1S/C4H8.Mg.2H/c1-3-4-2;;;/h3H,1,4H2,2H3;;;/q;+2;2*-1. The number of hydrogen-bond donors (Lipinski definition) is 0. The van der Waals surface area contributed by atoms with Gasteiger partial charge >= 0.3 is 23.1 Å². The van der Waals surface area contributed by atoms with E-state index in [-0.39, 0.29) is 25.9 Å². The molecule has 0 bridgehead atoms. The molecule has 0 fully saturated rings. The fourth-order valence-corrected chi connectivity index (χ4v) is 0. The molecule has 0 aliphatic rings. The van der Waals surface area contributed by atoms with Crippen molar-refractivity contribution >= 4 is 23.1 Å². The van der Waals surface area contributed by atoms with E-state index < -0.39 is 0 Å². The largest absolute Gasteiger partial charge is 2.00 e. The zero-order chi connectivity index (χ0) is 3.41. The second-order valence-corrected chi connectivity index (χ2v) is 0.697. The van der Waals surface area contributed by atoms with Gasteiger partial charge in [-0.2, -0.15) is 0 Å². The SMILES string of the molecule is C=CCC.[H-].[H-].[Mg+2]. The third kappa shape index (κ3) is 12.5. The number of rotatable bonds is 1. The van der Waals surface area contributed by atoms with E-state index in [2.05, 4.69) is 13.5 Å². The van der Waals surface area contributed by atoms with E-state index in [9.17, 15) is 0 Å². The van der Waals surface area contributed by atoms with Gasteiger partial charge in [0.25, 0.3) is 0 Å². The molecule has 0 aromatic rings. The minimum atomic E-state index is 0. The summed E-state index contributed by atoms with van der Waals surface area (Å²) in [6.45, 7) is 5.54. The average Bonchev–Trinajstić information content (AvgIpc) is 1.37. The summed E-state index contributed by atoms with van der Waals surface area (Å²) in [6.07, 6.45) is 2.96. The Hall–Kier alpha value is 0.506. The van der Waals surface area contributed by atoms with Crippen molar-refractivity contribution in [2.75, 3.05) is 0 Å². The topological polar surface area (TPSA) is 0 Å². The van der Waals surface area contributed by atoms with Crippen molar-refractivity contribution in [3.8, 4) is 0 Å². The second-order valence-electron chi connectivity index (χ2n) is 0.697. The zero-order valence-corrected chi connectivity index (χ0v) is 5.11. The molecule has 28 valence electrons. The molecule has 0 saturated carbocycles. The molecular weight excluding hydrogens is 72.3 g/mol. The van der Waals surface area contributed by atoms with Crippen LogP contribution in [0.3, 0.4) is 0 Å². The Morgan fingerprint density at radius 3 is 2.20 bits per heavy atom. The quantitative estimate of drug-likeness (QED) is 0.332. The summed E-state index contributed by atoms with van der Waals surface area (Å²) in [5.41, 5.74) is 0. The fourth-order valence-electron chi connectivity index (χ4n) is 0. The van der Waals surface area contributed by atoms with Crippen LogP contribution in [0, 0.1) is 0 Å². The van der Waals surface area contributed by atoms with Crippen molar-refractivity contribution < 1.29 is 2.85 Å². The first kappa shape index (κ1) is 9.09. The third-order valence-corrected chi connectivity index (χ3v) is 0.289. The summed E-state index contributed by atoms with van der Waals surface area (Å²) >= 11 is 0. The van der Waals surface area contributed by atoms with Crippen LogP contribution >= 0.6 is 0 Å². The molecule has 0 aromatic heterocycles. The van der Waals surface area contributed by atoms with E-state index in [1.807, 2.05) is 6.08 Å². The molecule has 1 heteroatoms. The van der Waals surface area contributed by atoms with Gasteiger partial charge in [0.05, 0.1) is 0 Å². The van der Waals surface area contributed by atoms with Crippen LogP contribution in [0.25, 0.3) is 0 Å². The molecule has 0 N–H and O–H groups in total. The Balaban J connectivity index is -0.0000000150. The molecule has 0 atom stereocenters. The molecule has 0 saturated heterocycles. The normalized spacial score (nSPS) is 5.00. The van der Waals surface area contributed by atoms with Gasteiger partial charge in [0.2, 0.25) is 0 Å². The molecule has 0 rings (SSSR count). The maximum atomic E-state index is 3.48. The third-order valence-electron chi connectivity index (χ3n) is 0.289. The van der Waals surface area contributed by atoms with E-state index in [0.29, 0.717) is 0 Å². The average molecular weight is 82.4 g/mol. The van der Waals surface area contributed by atoms with Crippen molar-refractivity contribution in [1.82, 2.24) is 0 Å². The first-order chi connectivity index (χ1) is 1.91. The summed E-state index contributed by atoms with van der Waals surface area (Å²) in [4.78, 5) is 0. The van der Waals surface area contributed by atoms with E-state index in [0.717, 1.165) is 6.42 Å². The van der Waals surface area contributed by atoms with Gasteiger partial charge in [0.15, 0.2) is 0 Å². The Kier molecular flexibility index (Phi) is 16.0. The first-order valence-corrected chi connectivity index (χ1v) is 1.52. The van der Waals surface area contributed by atoms with Gasteiger partial charge in [-0.15, -0.1) is 6.58 Å². The van der Waals surface area contributed by atoms with E-state index >= 15 is 0 Å². The molecule has 0 amide bonds. The van der Waals surface area contributed by atoms with Crippen LogP contribution in [-0.4, -0.2) is 23.1 Å². The molecule has 0 heterocycles. The van der Waals surface area contributed by atoms with Gasteiger partial charge < -0.3 is 2.85 Å². The van der Waals surface area contributed by atoms with Crippen molar-refractivity contribution in [2.45, 2.75) is 13.3 Å². The maximum absolute atomic E-state index is 3.48. The molecule has 0 aliphatic heterocycles. The van der Waals surface area contributed by atoms with Gasteiger partial charge in [-0.1, -0.05) is 13.0 Å². The van der Waals surface area contributed by atoms with Crippen LogP contribution in [0.5, 0.6) is 0 Å². The second kappa shape index (κ2) is 8.82. The summed E-state index contributed by atoms with van der Waals surface area (Å²) in [5, 5.41) is 0. The minimum Gasteiger partial charge on any atom is -1.00 e.